The van der Waals surface area contributed by atoms with Crippen LogP contribution in [0.4, 0.5) is 0 Å². The fraction of sp³-hybridized carbons (Fsp3) is 0.400. The average Bonchev–Trinajstić information content (AvgIpc) is 3.15. The van der Waals surface area contributed by atoms with Crippen molar-refractivity contribution < 1.29 is 0 Å². The summed E-state index contributed by atoms with van der Waals surface area (Å²) >= 11 is 0. The van der Waals surface area contributed by atoms with E-state index in [1.807, 2.05) is 0 Å². The van der Waals surface area contributed by atoms with Gasteiger partial charge in [0, 0.05) is 25.1 Å². The third-order valence-corrected chi connectivity index (χ3v) is 3.40. The number of rotatable bonds is 5. The first-order valence-electron chi connectivity index (χ1n) is 6.67. The Bertz CT molecular complexity index is 512. The summed E-state index contributed by atoms with van der Waals surface area (Å²) in [4.78, 5) is 4.74. The first kappa shape index (κ1) is 11.5. The van der Waals surface area contributed by atoms with Crippen molar-refractivity contribution in [1.29, 1.82) is 0 Å². The number of nitrogens with zero attached hydrogens (tertiary/aromatic N) is 2. The second kappa shape index (κ2) is 4.94. The lowest BCUT2D eigenvalue weighted by Gasteiger charge is -2.06. The van der Waals surface area contributed by atoms with E-state index in [9.17, 15) is 0 Å². The van der Waals surface area contributed by atoms with Crippen LogP contribution in [-0.2, 0) is 13.0 Å². The van der Waals surface area contributed by atoms with E-state index in [-0.39, 0.29) is 0 Å². The summed E-state index contributed by atoms with van der Waals surface area (Å²) in [5.74, 6) is 1.93. The Kier molecular flexibility index (Phi) is 3.15. The molecule has 0 atom stereocenters. The highest BCUT2D eigenvalue weighted by Crippen LogP contribution is 2.39. The van der Waals surface area contributed by atoms with Gasteiger partial charge in [0.05, 0.1) is 5.69 Å². The van der Waals surface area contributed by atoms with E-state index in [0.29, 0.717) is 12.5 Å². The SMILES string of the molecule is NCCc1cn(Cc2ccccc2)c(C2CC2)n1. The molecule has 2 aromatic rings. The molecule has 3 rings (SSSR count). The highest BCUT2D eigenvalue weighted by molar-refractivity contribution is 5.19. The zero-order valence-corrected chi connectivity index (χ0v) is 10.5. The van der Waals surface area contributed by atoms with E-state index < -0.39 is 0 Å². The Hall–Kier alpha value is -1.61. The lowest BCUT2D eigenvalue weighted by molar-refractivity contribution is 0.726. The van der Waals surface area contributed by atoms with Crippen LogP contribution in [-0.4, -0.2) is 16.1 Å². The van der Waals surface area contributed by atoms with Gasteiger partial charge in [-0.1, -0.05) is 30.3 Å². The second-order valence-corrected chi connectivity index (χ2v) is 5.02. The van der Waals surface area contributed by atoms with Crippen LogP contribution in [0.25, 0.3) is 0 Å². The second-order valence-electron chi connectivity index (χ2n) is 5.02. The molecule has 0 aliphatic heterocycles. The van der Waals surface area contributed by atoms with Crippen molar-refractivity contribution in [2.45, 2.75) is 31.7 Å². The molecule has 1 fully saturated rings. The third-order valence-electron chi connectivity index (χ3n) is 3.40. The predicted octanol–water partition coefficient (Wildman–Crippen LogP) is 2.31. The molecule has 18 heavy (non-hydrogen) atoms. The molecule has 1 saturated carbocycles. The van der Waals surface area contributed by atoms with Crippen LogP contribution < -0.4 is 5.73 Å². The largest absolute Gasteiger partial charge is 0.330 e. The molecule has 1 aliphatic rings. The maximum atomic E-state index is 5.61. The lowest BCUT2D eigenvalue weighted by atomic mass is 10.2. The predicted molar refractivity (Wildman–Crippen MR) is 72.5 cm³/mol. The molecule has 0 radical (unpaired) electrons. The summed E-state index contributed by atoms with van der Waals surface area (Å²) in [5, 5.41) is 0. The van der Waals surface area contributed by atoms with E-state index >= 15 is 0 Å². The topological polar surface area (TPSA) is 43.8 Å². The Balaban J connectivity index is 1.85. The van der Waals surface area contributed by atoms with Crippen molar-refractivity contribution in [2.24, 2.45) is 5.73 Å². The maximum absolute atomic E-state index is 5.61. The van der Waals surface area contributed by atoms with Gasteiger partial charge in [-0.05, 0) is 24.9 Å². The summed E-state index contributed by atoms with van der Waals surface area (Å²) in [7, 11) is 0. The average molecular weight is 241 g/mol. The molecule has 0 amide bonds. The first-order valence-corrected chi connectivity index (χ1v) is 6.67. The number of hydrogen-bond acceptors (Lipinski definition) is 2. The Morgan fingerprint density at radius 1 is 1.22 bits per heavy atom. The third kappa shape index (κ3) is 2.46. The van der Waals surface area contributed by atoms with Crippen molar-refractivity contribution in [2.75, 3.05) is 6.54 Å². The van der Waals surface area contributed by atoms with Crippen LogP contribution in [0.3, 0.4) is 0 Å². The monoisotopic (exact) mass is 241 g/mol. The van der Waals surface area contributed by atoms with Gasteiger partial charge in [0.25, 0.3) is 0 Å². The fourth-order valence-corrected chi connectivity index (χ4v) is 2.33. The molecule has 3 heteroatoms. The van der Waals surface area contributed by atoms with Crippen molar-refractivity contribution in [3.8, 4) is 0 Å². The van der Waals surface area contributed by atoms with Crippen LogP contribution >= 0.6 is 0 Å². The zero-order valence-electron chi connectivity index (χ0n) is 10.5. The number of aromatic nitrogens is 2. The van der Waals surface area contributed by atoms with Gasteiger partial charge < -0.3 is 10.3 Å². The summed E-state index contributed by atoms with van der Waals surface area (Å²) in [6.07, 6.45) is 5.62. The molecule has 1 heterocycles. The molecule has 1 aliphatic carbocycles. The van der Waals surface area contributed by atoms with Gasteiger partial charge in [-0.2, -0.15) is 0 Å². The number of imidazole rings is 1. The minimum absolute atomic E-state index is 0.673. The number of nitrogens with two attached hydrogens (primary N) is 1. The van der Waals surface area contributed by atoms with E-state index in [1.165, 1.54) is 24.2 Å². The van der Waals surface area contributed by atoms with Crippen molar-refractivity contribution >= 4 is 0 Å². The van der Waals surface area contributed by atoms with Crippen LogP contribution in [0.2, 0.25) is 0 Å². The normalized spacial score (nSPS) is 14.9. The molecule has 0 bridgehead atoms. The van der Waals surface area contributed by atoms with Gasteiger partial charge in [-0.25, -0.2) is 4.98 Å². The number of hydrogen-bond donors (Lipinski definition) is 1. The van der Waals surface area contributed by atoms with Gasteiger partial charge in [-0.3, -0.25) is 0 Å². The van der Waals surface area contributed by atoms with Crippen molar-refractivity contribution in [1.82, 2.24) is 9.55 Å². The van der Waals surface area contributed by atoms with E-state index in [1.54, 1.807) is 0 Å². The van der Waals surface area contributed by atoms with Crippen LogP contribution in [0.15, 0.2) is 36.5 Å². The van der Waals surface area contributed by atoms with E-state index in [0.717, 1.165) is 18.7 Å². The minimum Gasteiger partial charge on any atom is -0.330 e. The smallest absolute Gasteiger partial charge is 0.112 e. The standard InChI is InChI=1S/C15H19N3/c16-9-8-14-11-18(15(17-14)13-6-7-13)10-12-4-2-1-3-5-12/h1-5,11,13H,6-10,16H2. The summed E-state index contributed by atoms with van der Waals surface area (Å²) in [5.41, 5.74) is 8.08. The Morgan fingerprint density at radius 2 is 2.00 bits per heavy atom. The molecule has 0 unspecified atom stereocenters. The molecular formula is C15H19N3. The van der Waals surface area contributed by atoms with Gasteiger partial charge in [-0.15, -0.1) is 0 Å². The highest BCUT2D eigenvalue weighted by atomic mass is 15.1. The van der Waals surface area contributed by atoms with E-state index in [4.69, 9.17) is 10.7 Å². The fourth-order valence-electron chi connectivity index (χ4n) is 2.33. The number of benzene rings is 1. The first-order chi connectivity index (χ1) is 8.86. The Morgan fingerprint density at radius 3 is 2.67 bits per heavy atom. The molecule has 0 spiro atoms. The zero-order chi connectivity index (χ0) is 12.4. The summed E-state index contributed by atoms with van der Waals surface area (Å²) < 4.78 is 2.30. The molecule has 0 saturated heterocycles. The molecule has 94 valence electrons. The van der Waals surface area contributed by atoms with Crippen molar-refractivity contribution in [3.05, 3.63) is 53.6 Å². The Labute approximate surface area is 108 Å². The van der Waals surface area contributed by atoms with Gasteiger partial charge >= 0.3 is 0 Å². The minimum atomic E-state index is 0.673. The highest BCUT2D eigenvalue weighted by Gasteiger charge is 2.28. The molecule has 1 aromatic carbocycles. The van der Waals surface area contributed by atoms with Gasteiger partial charge in [0.2, 0.25) is 0 Å². The molecular weight excluding hydrogens is 222 g/mol. The molecule has 1 aromatic heterocycles. The maximum Gasteiger partial charge on any atom is 0.112 e. The summed E-state index contributed by atoms with van der Waals surface area (Å²) in [6.45, 7) is 1.59. The van der Waals surface area contributed by atoms with Gasteiger partial charge in [0.15, 0.2) is 0 Å². The molecule has 2 N–H and O–H groups in total. The quantitative estimate of drug-likeness (QED) is 0.873. The van der Waals surface area contributed by atoms with Crippen LogP contribution in [0.5, 0.6) is 0 Å². The van der Waals surface area contributed by atoms with Crippen LogP contribution in [0, 0.1) is 0 Å². The van der Waals surface area contributed by atoms with Crippen LogP contribution in [0.1, 0.15) is 35.8 Å². The lowest BCUT2D eigenvalue weighted by Crippen LogP contribution is -2.03. The van der Waals surface area contributed by atoms with Crippen molar-refractivity contribution in [3.63, 3.8) is 0 Å². The van der Waals surface area contributed by atoms with Gasteiger partial charge in [0.1, 0.15) is 5.82 Å². The molecule has 3 nitrogen and oxygen atoms in total. The summed E-state index contributed by atoms with van der Waals surface area (Å²) in [6, 6.07) is 10.6. The van der Waals surface area contributed by atoms with E-state index in [2.05, 4.69) is 41.1 Å².